The number of nitrogens with one attached hydrogen (secondary N) is 1. The molecule has 0 aliphatic heterocycles. The van der Waals surface area contributed by atoms with Crippen molar-refractivity contribution >= 4 is 5.84 Å². The molecule has 9 heavy (non-hydrogen) atoms. The molecule has 0 unspecified atom stereocenters. The summed E-state index contributed by atoms with van der Waals surface area (Å²) in [6.45, 7) is 0. The van der Waals surface area contributed by atoms with Gasteiger partial charge in [-0.15, -0.1) is 0 Å². The van der Waals surface area contributed by atoms with Crippen molar-refractivity contribution in [2.24, 2.45) is 11.5 Å². The van der Waals surface area contributed by atoms with Crippen LogP contribution in [-0.4, -0.2) is 12.3 Å². The maximum Gasteiger partial charge on any atom is 0.277 e. The Labute approximate surface area is 50.8 Å². The fourth-order valence-electron chi connectivity index (χ4n) is 0.243. The Morgan fingerprint density at radius 2 is 1.89 bits per heavy atom. The average molecular weight is 135 g/mol. The van der Waals surface area contributed by atoms with E-state index < -0.39 is 18.0 Å². The van der Waals surface area contributed by atoms with Gasteiger partial charge in [0.05, 0.1) is 5.70 Å². The third-order valence-corrected chi connectivity index (χ3v) is 0.574. The van der Waals surface area contributed by atoms with E-state index >= 15 is 0 Å². The summed E-state index contributed by atoms with van der Waals surface area (Å²) in [6, 6.07) is 0. The minimum Gasteiger partial charge on any atom is -0.397 e. The third-order valence-electron chi connectivity index (χ3n) is 0.574. The standard InChI is InChI=1S/C4H7F2N3/c5-4(6)2(7)1-3(8)9/h1,4H,7H2,(H3,8,9)/b2-1-. The fourth-order valence-corrected chi connectivity index (χ4v) is 0.243. The number of rotatable bonds is 2. The highest BCUT2D eigenvalue weighted by molar-refractivity contribution is 5.89. The van der Waals surface area contributed by atoms with Crippen LogP contribution in [0.5, 0.6) is 0 Å². The van der Waals surface area contributed by atoms with E-state index in [0.29, 0.717) is 6.08 Å². The number of hydrogen-bond acceptors (Lipinski definition) is 2. The lowest BCUT2D eigenvalue weighted by atomic mass is 10.4. The predicted molar refractivity (Wildman–Crippen MR) is 30.2 cm³/mol. The summed E-state index contributed by atoms with van der Waals surface area (Å²) in [6.07, 6.45) is -2.01. The molecule has 0 radical (unpaired) electrons. The van der Waals surface area contributed by atoms with Crippen molar-refractivity contribution in [1.29, 1.82) is 5.41 Å². The van der Waals surface area contributed by atoms with Gasteiger partial charge in [-0.3, -0.25) is 5.41 Å². The molecule has 0 aromatic carbocycles. The summed E-state index contributed by atoms with van der Waals surface area (Å²) in [5.41, 5.74) is 8.75. The molecule has 0 aliphatic carbocycles. The smallest absolute Gasteiger partial charge is 0.277 e. The number of alkyl halides is 2. The predicted octanol–water partition coefficient (Wildman–Crippen LogP) is 0.0301. The second-order valence-corrected chi connectivity index (χ2v) is 1.40. The SMILES string of the molecule is N=C(N)/C=C(\N)C(F)F. The monoisotopic (exact) mass is 135 g/mol. The summed E-state index contributed by atoms with van der Waals surface area (Å²) in [5, 5.41) is 6.51. The number of hydrogen-bond donors (Lipinski definition) is 3. The Morgan fingerprint density at radius 3 is 2.00 bits per heavy atom. The zero-order valence-electron chi connectivity index (χ0n) is 4.57. The number of amidine groups is 1. The summed E-state index contributed by atoms with van der Waals surface area (Å²) >= 11 is 0. The molecule has 0 fully saturated rings. The Morgan fingerprint density at radius 1 is 1.44 bits per heavy atom. The van der Waals surface area contributed by atoms with Crippen molar-refractivity contribution in [3.05, 3.63) is 11.8 Å². The Bertz CT molecular complexity index is 141. The number of nitrogens with two attached hydrogens (primary N) is 2. The molecule has 3 nitrogen and oxygen atoms in total. The lowest BCUT2D eigenvalue weighted by Crippen LogP contribution is -2.14. The maximum atomic E-state index is 11.4. The topological polar surface area (TPSA) is 75.9 Å². The molecule has 0 rings (SSSR count). The van der Waals surface area contributed by atoms with E-state index in [-0.39, 0.29) is 0 Å². The summed E-state index contributed by atoms with van der Waals surface area (Å²) in [5.74, 6) is -0.465. The zero-order valence-corrected chi connectivity index (χ0v) is 4.57. The molecule has 0 spiro atoms. The largest absolute Gasteiger partial charge is 0.397 e. The third kappa shape index (κ3) is 3.45. The van der Waals surface area contributed by atoms with Crippen molar-refractivity contribution in [1.82, 2.24) is 0 Å². The second-order valence-electron chi connectivity index (χ2n) is 1.40. The Kier molecular flexibility index (Phi) is 2.63. The quantitative estimate of drug-likeness (QED) is 0.369. The number of allylic oxidation sites excluding steroid dienone is 1. The van der Waals surface area contributed by atoms with E-state index in [2.05, 4.69) is 0 Å². The lowest BCUT2D eigenvalue weighted by Gasteiger charge is -1.95. The molecule has 0 saturated carbocycles. The van der Waals surface area contributed by atoms with Crippen LogP contribution in [0.2, 0.25) is 0 Å². The molecule has 0 amide bonds. The van der Waals surface area contributed by atoms with Crippen LogP contribution in [0.1, 0.15) is 0 Å². The minimum atomic E-state index is -2.73. The van der Waals surface area contributed by atoms with Crippen LogP contribution >= 0.6 is 0 Å². The first-order valence-corrected chi connectivity index (χ1v) is 2.13. The van der Waals surface area contributed by atoms with Crippen LogP contribution in [-0.2, 0) is 0 Å². The highest BCUT2D eigenvalue weighted by Gasteiger charge is 2.04. The van der Waals surface area contributed by atoms with E-state index in [9.17, 15) is 8.78 Å². The first-order chi connectivity index (χ1) is 4.04. The van der Waals surface area contributed by atoms with E-state index in [4.69, 9.17) is 16.9 Å². The van der Waals surface area contributed by atoms with Gasteiger partial charge in [0.2, 0.25) is 0 Å². The molecule has 5 heteroatoms. The molecule has 0 aliphatic rings. The van der Waals surface area contributed by atoms with Crippen LogP contribution < -0.4 is 11.5 Å². The number of halogens is 2. The van der Waals surface area contributed by atoms with Gasteiger partial charge in [-0.1, -0.05) is 0 Å². The van der Waals surface area contributed by atoms with Gasteiger partial charge in [0.1, 0.15) is 5.84 Å². The average Bonchev–Trinajstić information content (AvgIpc) is 1.63. The fraction of sp³-hybridized carbons (Fsp3) is 0.250. The first-order valence-electron chi connectivity index (χ1n) is 2.13. The Hall–Kier alpha value is -1.13. The van der Waals surface area contributed by atoms with E-state index in [1.165, 1.54) is 0 Å². The van der Waals surface area contributed by atoms with Crippen LogP contribution in [0.4, 0.5) is 8.78 Å². The van der Waals surface area contributed by atoms with Gasteiger partial charge in [0.25, 0.3) is 6.43 Å². The first kappa shape index (κ1) is 7.87. The van der Waals surface area contributed by atoms with Crippen LogP contribution in [0.3, 0.4) is 0 Å². The van der Waals surface area contributed by atoms with E-state index in [1.807, 2.05) is 0 Å². The molecule has 52 valence electrons. The molecule has 5 N–H and O–H groups in total. The van der Waals surface area contributed by atoms with Crippen LogP contribution in [0.25, 0.3) is 0 Å². The van der Waals surface area contributed by atoms with Gasteiger partial charge >= 0.3 is 0 Å². The summed E-state index contributed by atoms with van der Waals surface area (Å²) in [4.78, 5) is 0. The van der Waals surface area contributed by atoms with Crippen molar-refractivity contribution < 1.29 is 8.78 Å². The molecular formula is C4H7F2N3. The molecular weight excluding hydrogens is 128 g/mol. The van der Waals surface area contributed by atoms with E-state index in [0.717, 1.165) is 0 Å². The van der Waals surface area contributed by atoms with Gasteiger partial charge in [-0.25, -0.2) is 8.78 Å². The van der Waals surface area contributed by atoms with Gasteiger partial charge in [-0.05, 0) is 0 Å². The highest BCUT2D eigenvalue weighted by atomic mass is 19.3. The second kappa shape index (κ2) is 3.01. The molecule has 0 atom stereocenters. The van der Waals surface area contributed by atoms with Crippen molar-refractivity contribution in [3.63, 3.8) is 0 Å². The summed E-state index contributed by atoms with van der Waals surface area (Å²) in [7, 11) is 0. The van der Waals surface area contributed by atoms with Crippen molar-refractivity contribution in [2.75, 3.05) is 0 Å². The van der Waals surface area contributed by atoms with Gasteiger partial charge < -0.3 is 11.5 Å². The van der Waals surface area contributed by atoms with Crippen molar-refractivity contribution in [3.8, 4) is 0 Å². The normalized spacial score (nSPS) is 12.1. The zero-order chi connectivity index (χ0) is 7.44. The van der Waals surface area contributed by atoms with Gasteiger partial charge in [-0.2, -0.15) is 0 Å². The minimum absolute atomic E-state index is 0.465. The molecule has 0 saturated heterocycles. The molecule has 0 aromatic rings. The van der Waals surface area contributed by atoms with Gasteiger partial charge in [0.15, 0.2) is 0 Å². The van der Waals surface area contributed by atoms with Gasteiger partial charge in [0, 0.05) is 6.08 Å². The Balaban J connectivity index is 4.00. The van der Waals surface area contributed by atoms with E-state index in [1.54, 1.807) is 0 Å². The molecule has 0 aromatic heterocycles. The highest BCUT2D eigenvalue weighted by Crippen LogP contribution is 1.99. The summed E-state index contributed by atoms with van der Waals surface area (Å²) < 4.78 is 22.9. The lowest BCUT2D eigenvalue weighted by molar-refractivity contribution is 0.188. The van der Waals surface area contributed by atoms with Crippen LogP contribution in [0, 0.1) is 5.41 Å². The molecule has 0 heterocycles. The molecule has 0 bridgehead atoms. The van der Waals surface area contributed by atoms with Crippen LogP contribution in [0.15, 0.2) is 11.8 Å². The van der Waals surface area contributed by atoms with Crippen molar-refractivity contribution in [2.45, 2.75) is 6.43 Å². The maximum absolute atomic E-state index is 11.4.